The maximum absolute atomic E-state index is 13.4. The van der Waals surface area contributed by atoms with Gasteiger partial charge >= 0.3 is 5.97 Å². The van der Waals surface area contributed by atoms with Crippen molar-refractivity contribution in [2.75, 3.05) is 29.8 Å². The van der Waals surface area contributed by atoms with Gasteiger partial charge in [-0.05, 0) is 61.2 Å². The van der Waals surface area contributed by atoms with E-state index in [1.165, 1.54) is 55.6 Å². The minimum atomic E-state index is -3.83. The number of fused-ring (bicyclic) bond motifs is 1. The Morgan fingerprint density at radius 3 is 2.46 bits per heavy atom. The molecule has 1 heterocycles. The van der Waals surface area contributed by atoms with Gasteiger partial charge in [0.25, 0.3) is 10.0 Å². The first kappa shape index (κ1) is 28.6. The number of ether oxygens (including phenoxy) is 1. The molecule has 39 heavy (non-hydrogen) atoms. The van der Waals surface area contributed by atoms with Crippen LogP contribution in [0.25, 0.3) is 11.0 Å². The minimum absolute atomic E-state index is 0.123. The molecule has 1 N–H and O–H groups in total. The highest BCUT2D eigenvalue weighted by Crippen LogP contribution is 2.33. The van der Waals surface area contributed by atoms with Gasteiger partial charge in [0.1, 0.15) is 19.0 Å². The van der Waals surface area contributed by atoms with Crippen molar-refractivity contribution < 1.29 is 22.7 Å². The van der Waals surface area contributed by atoms with Gasteiger partial charge in [-0.1, -0.05) is 40.0 Å². The summed E-state index contributed by atoms with van der Waals surface area (Å²) in [4.78, 5) is 27.0. The molecule has 0 bridgehead atoms. The Hall–Kier alpha value is -3.40. The molecule has 0 atom stereocenters. The van der Waals surface area contributed by atoms with E-state index in [9.17, 15) is 18.0 Å². The molecular formula is C29H38N4O5S. The number of hydrogen-bond donors (Lipinski definition) is 1. The molecule has 1 fully saturated rings. The lowest BCUT2D eigenvalue weighted by molar-refractivity contribution is -0.143. The first-order valence-corrected chi connectivity index (χ1v) is 14.9. The average molecular weight is 555 g/mol. The van der Waals surface area contributed by atoms with Crippen LogP contribution >= 0.6 is 0 Å². The third-order valence-electron chi connectivity index (χ3n) is 7.19. The van der Waals surface area contributed by atoms with Gasteiger partial charge in [-0.15, -0.1) is 0 Å². The lowest BCUT2D eigenvalue weighted by atomic mass is 9.88. The van der Waals surface area contributed by atoms with E-state index in [0.717, 1.165) is 23.4 Å². The van der Waals surface area contributed by atoms with Crippen molar-refractivity contribution in [3.05, 3.63) is 48.3 Å². The first-order valence-electron chi connectivity index (χ1n) is 13.4. The fraction of sp³-hybridized carbons (Fsp3) is 0.483. The largest absolute Gasteiger partial charge is 0.457 e. The number of sulfonamides is 1. The van der Waals surface area contributed by atoms with Crippen LogP contribution in [0.5, 0.6) is 0 Å². The number of imidazole rings is 1. The summed E-state index contributed by atoms with van der Waals surface area (Å²) in [6, 6.07) is 11.8. The van der Waals surface area contributed by atoms with Crippen molar-refractivity contribution >= 4 is 44.7 Å². The Labute approximate surface area is 230 Å². The van der Waals surface area contributed by atoms with E-state index in [0.29, 0.717) is 23.6 Å². The predicted molar refractivity (Wildman–Crippen MR) is 153 cm³/mol. The smallest absolute Gasteiger partial charge is 0.325 e. The number of carbonyl (C=O) groups excluding carboxylic acids is 2. The molecule has 9 nitrogen and oxygen atoms in total. The number of aldehydes is 1. The number of hydrogen-bond acceptors (Lipinski definition) is 7. The van der Waals surface area contributed by atoms with Crippen molar-refractivity contribution in [3.8, 4) is 0 Å². The SMILES string of the molecule is CN(c1ccc2c(c1)nc(C(C)(C)C)n2CC1CCCCC1)S(=O)(=O)c1ccc(NCC(=O)OCC=O)cc1. The van der Waals surface area contributed by atoms with Gasteiger partial charge in [0.05, 0.1) is 21.6 Å². The van der Waals surface area contributed by atoms with Crippen molar-refractivity contribution in [2.24, 2.45) is 5.92 Å². The van der Waals surface area contributed by atoms with Crippen molar-refractivity contribution in [1.29, 1.82) is 0 Å². The second-order valence-corrected chi connectivity index (χ2v) is 13.1. The van der Waals surface area contributed by atoms with Gasteiger partial charge in [0.15, 0.2) is 6.29 Å². The Bertz CT molecular complexity index is 1420. The second-order valence-electron chi connectivity index (χ2n) is 11.2. The third-order valence-corrected chi connectivity index (χ3v) is 8.99. The van der Waals surface area contributed by atoms with E-state index in [1.807, 2.05) is 18.2 Å². The molecule has 210 valence electrons. The summed E-state index contributed by atoms with van der Waals surface area (Å²) in [6.07, 6.45) is 6.84. The molecule has 1 saturated carbocycles. The minimum Gasteiger partial charge on any atom is -0.457 e. The zero-order valence-electron chi connectivity index (χ0n) is 23.1. The predicted octanol–water partition coefficient (Wildman–Crippen LogP) is 4.89. The zero-order valence-corrected chi connectivity index (χ0v) is 24.0. The maximum atomic E-state index is 13.4. The normalized spacial score (nSPS) is 14.8. The Morgan fingerprint density at radius 1 is 1.13 bits per heavy atom. The third kappa shape index (κ3) is 6.61. The van der Waals surface area contributed by atoms with Gasteiger partial charge in [-0.2, -0.15) is 0 Å². The Kier molecular flexibility index (Phi) is 8.64. The number of nitrogens with zero attached hydrogens (tertiary/aromatic N) is 3. The quantitative estimate of drug-likeness (QED) is 0.281. The fourth-order valence-electron chi connectivity index (χ4n) is 5.09. The highest BCUT2D eigenvalue weighted by atomic mass is 32.2. The molecule has 1 aromatic heterocycles. The van der Waals surface area contributed by atoms with Crippen molar-refractivity contribution in [1.82, 2.24) is 9.55 Å². The molecule has 1 aliphatic carbocycles. The highest BCUT2D eigenvalue weighted by molar-refractivity contribution is 7.92. The van der Waals surface area contributed by atoms with Crippen LogP contribution in [0.15, 0.2) is 47.4 Å². The van der Waals surface area contributed by atoms with Crippen LogP contribution in [-0.2, 0) is 36.3 Å². The fourth-order valence-corrected chi connectivity index (χ4v) is 6.28. The topological polar surface area (TPSA) is 111 Å². The van der Waals surface area contributed by atoms with E-state index >= 15 is 0 Å². The molecule has 1 aliphatic rings. The molecule has 0 radical (unpaired) electrons. The Morgan fingerprint density at radius 2 is 1.82 bits per heavy atom. The van der Waals surface area contributed by atoms with Crippen LogP contribution in [0, 0.1) is 5.92 Å². The number of rotatable bonds is 10. The molecular weight excluding hydrogens is 516 g/mol. The van der Waals surface area contributed by atoms with Crippen molar-refractivity contribution in [3.63, 3.8) is 0 Å². The molecule has 0 unspecified atom stereocenters. The Balaban J connectivity index is 1.55. The number of aromatic nitrogens is 2. The number of benzene rings is 2. The van der Waals surface area contributed by atoms with E-state index in [1.54, 1.807) is 12.1 Å². The summed E-state index contributed by atoms with van der Waals surface area (Å²) >= 11 is 0. The average Bonchev–Trinajstić information content (AvgIpc) is 3.29. The number of nitrogens with one attached hydrogen (secondary N) is 1. The van der Waals surface area contributed by atoms with Crippen LogP contribution < -0.4 is 9.62 Å². The number of carbonyl (C=O) groups is 2. The molecule has 2 aromatic carbocycles. The van der Waals surface area contributed by atoms with Crippen molar-refractivity contribution in [2.45, 2.75) is 69.7 Å². The summed E-state index contributed by atoms with van der Waals surface area (Å²) in [5.41, 5.74) is 2.76. The molecule has 0 amide bonds. The molecule has 10 heteroatoms. The highest BCUT2D eigenvalue weighted by Gasteiger charge is 2.27. The monoisotopic (exact) mass is 554 g/mol. The summed E-state index contributed by atoms with van der Waals surface area (Å²) in [5, 5.41) is 2.85. The summed E-state index contributed by atoms with van der Waals surface area (Å²) in [7, 11) is -2.30. The van der Waals surface area contributed by atoms with Gasteiger partial charge < -0.3 is 14.6 Å². The van der Waals surface area contributed by atoms with Crippen LogP contribution in [0.4, 0.5) is 11.4 Å². The standard InChI is InChI=1S/C29H38N4O5S/c1-29(2,3)28-31-25-18-23(12-15-26(25)33(28)20-21-8-6-5-7-9-21)32(4)39(36,37)24-13-10-22(11-14-24)30-19-27(35)38-17-16-34/h10-16,18,21,30H,5-9,17,19-20H2,1-4H3. The van der Waals surface area contributed by atoms with Crippen LogP contribution in [-0.4, -0.2) is 50.4 Å². The van der Waals surface area contributed by atoms with Crippen LogP contribution in [0.3, 0.4) is 0 Å². The maximum Gasteiger partial charge on any atom is 0.325 e. The van der Waals surface area contributed by atoms with E-state index in [4.69, 9.17) is 4.98 Å². The van der Waals surface area contributed by atoms with Crippen LogP contribution in [0.2, 0.25) is 0 Å². The van der Waals surface area contributed by atoms with Gasteiger partial charge in [-0.3, -0.25) is 13.9 Å². The molecule has 0 spiro atoms. The number of anilines is 2. The van der Waals surface area contributed by atoms with Crippen LogP contribution in [0.1, 0.15) is 58.7 Å². The van der Waals surface area contributed by atoms with E-state index in [-0.39, 0.29) is 23.5 Å². The first-order chi connectivity index (χ1) is 18.5. The molecule has 0 saturated heterocycles. The van der Waals surface area contributed by atoms with Gasteiger partial charge in [-0.25, -0.2) is 13.4 Å². The van der Waals surface area contributed by atoms with E-state index < -0.39 is 16.0 Å². The lowest BCUT2D eigenvalue weighted by Gasteiger charge is -2.26. The second kappa shape index (κ2) is 11.8. The molecule has 0 aliphatic heterocycles. The summed E-state index contributed by atoms with van der Waals surface area (Å²) in [6.45, 7) is 6.99. The zero-order chi connectivity index (χ0) is 28.2. The van der Waals surface area contributed by atoms with E-state index in [2.05, 4.69) is 35.4 Å². The summed E-state index contributed by atoms with van der Waals surface area (Å²) in [5.74, 6) is 1.08. The van der Waals surface area contributed by atoms with Gasteiger partial charge in [0.2, 0.25) is 0 Å². The van der Waals surface area contributed by atoms with Gasteiger partial charge in [0, 0.05) is 24.7 Å². The summed E-state index contributed by atoms with van der Waals surface area (Å²) < 4.78 is 35.2. The molecule has 3 aromatic rings. The molecule has 4 rings (SSSR count). The lowest BCUT2D eigenvalue weighted by Crippen LogP contribution is -2.26. The number of esters is 1.